The van der Waals surface area contributed by atoms with Crippen LogP contribution in [0, 0.1) is 5.92 Å². The lowest BCUT2D eigenvalue weighted by atomic mass is 10.0. The zero-order valence-electron chi connectivity index (χ0n) is 11.5. The standard InChI is InChI=1S/C14H30N2/c1-4-10-16(11-13(5-2)6-3)12-14-8-7-9-15-14/h13-15H,4-12H2,1-3H3. The molecule has 1 saturated heterocycles. The fourth-order valence-corrected chi connectivity index (χ4v) is 2.71. The Kier molecular flexibility index (Phi) is 7.06. The molecular weight excluding hydrogens is 196 g/mol. The van der Waals surface area contributed by atoms with E-state index in [4.69, 9.17) is 0 Å². The summed E-state index contributed by atoms with van der Waals surface area (Å²) in [5.41, 5.74) is 0. The third-order valence-electron chi connectivity index (χ3n) is 3.85. The van der Waals surface area contributed by atoms with E-state index in [1.807, 2.05) is 0 Å². The van der Waals surface area contributed by atoms with Crippen molar-refractivity contribution in [3.8, 4) is 0 Å². The van der Waals surface area contributed by atoms with Crippen LogP contribution in [0.25, 0.3) is 0 Å². The molecule has 1 rings (SSSR count). The molecule has 1 heterocycles. The van der Waals surface area contributed by atoms with E-state index in [9.17, 15) is 0 Å². The first-order chi connectivity index (χ1) is 7.80. The maximum Gasteiger partial charge on any atom is 0.0195 e. The zero-order chi connectivity index (χ0) is 11.8. The molecule has 0 aliphatic carbocycles. The van der Waals surface area contributed by atoms with Gasteiger partial charge in [-0.05, 0) is 38.3 Å². The van der Waals surface area contributed by atoms with Crippen molar-refractivity contribution in [2.24, 2.45) is 5.92 Å². The van der Waals surface area contributed by atoms with E-state index in [1.165, 1.54) is 58.3 Å². The van der Waals surface area contributed by atoms with Crippen molar-refractivity contribution < 1.29 is 0 Å². The van der Waals surface area contributed by atoms with Gasteiger partial charge in [0.2, 0.25) is 0 Å². The third kappa shape index (κ3) is 4.84. The molecule has 96 valence electrons. The van der Waals surface area contributed by atoms with Crippen molar-refractivity contribution in [3.63, 3.8) is 0 Å². The summed E-state index contributed by atoms with van der Waals surface area (Å²) in [6.07, 6.45) is 6.69. The molecule has 1 N–H and O–H groups in total. The summed E-state index contributed by atoms with van der Waals surface area (Å²) in [6.45, 7) is 12.0. The van der Waals surface area contributed by atoms with Gasteiger partial charge in [-0.1, -0.05) is 33.6 Å². The van der Waals surface area contributed by atoms with Crippen LogP contribution in [0.5, 0.6) is 0 Å². The van der Waals surface area contributed by atoms with Gasteiger partial charge in [-0.3, -0.25) is 0 Å². The second kappa shape index (κ2) is 8.08. The van der Waals surface area contributed by atoms with Gasteiger partial charge in [0.1, 0.15) is 0 Å². The quantitative estimate of drug-likeness (QED) is 0.684. The van der Waals surface area contributed by atoms with Gasteiger partial charge in [-0.2, -0.15) is 0 Å². The summed E-state index contributed by atoms with van der Waals surface area (Å²) in [5.74, 6) is 0.896. The molecule has 1 atom stereocenters. The Hall–Kier alpha value is -0.0800. The monoisotopic (exact) mass is 226 g/mol. The predicted molar refractivity (Wildman–Crippen MR) is 71.8 cm³/mol. The number of nitrogens with zero attached hydrogens (tertiary/aromatic N) is 1. The number of nitrogens with one attached hydrogen (secondary N) is 1. The summed E-state index contributed by atoms with van der Waals surface area (Å²) in [5, 5.41) is 3.61. The van der Waals surface area contributed by atoms with E-state index in [0.29, 0.717) is 0 Å². The molecule has 0 aromatic heterocycles. The largest absolute Gasteiger partial charge is 0.313 e. The topological polar surface area (TPSA) is 15.3 Å². The molecule has 1 unspecified atom stereocenters. The number of hydrogen-bond acceptors (Lipinski definition) is 2. The second-order valence-corrected chi connectivity index (χ2v) is 5.24. The minimum Gasteiger partial charge on any atom is -0.313 e. The van der Waals surface area contributed by atoms with Crippen LogP contribution in [-0.2, 0) is 0 Å². The summed E-state index contributed by atoms with van der Waals surface area (Å²) in [4.78, 5) is 2.68. The lowest BCUT2D eigenvalue weighted by Gasteiger charge is -2.28. The highest BCUT2D eigenvalue weighted by atomic mass is 15.2. The highest BCUT2D eigenvalue weighted by Gasteiger charge is 2.18. The second-order valence-electron chi connectivity index (χ2n) is 5.24. The van der Waals surface area contributed by atoms with Crippen LogP contribution in [0.2, 0.25) is 0 Å². The smallest absolute Gasteiger partial charge is 0.0195 e. The SMILES string of the molecule is CCCN(CC(CC)CC)CC1CCCN1. The van der Waals surface area contributed by atoms with Gasteiger partial charge in [-0.25, -0.2) is 0 Å². The lowest BCUT2D eigenvalue weighted by molar-refractivity contribution is 0.207. The predicted octanol–water partition coefficient (Wildman–Crippen LogP) is 2.89. The third-order valence-corrected chi connectivity index (χ3v) is 3.85. The van der Waals surface area contributed by atoms with Gasteiger partial charge in [0, 0.05) is 19.1 Å². The van der Waals surface area contributed by atoms with Crippen LogP contribution in [0.3, 0.4) is 0 Å². The van der Waals surface area contributed by atoms with Crippen LogP contribution in [0.1, 0.15) is 52.9 Å². The highest BCUT2D eigenvalue weighted by Crippen LogP contribution is 2.13. The molecule has 2 heteroatoms. The Morgan fingerprint density at radius 2 is 2.00 bits per heavy atom. The summed E-state index contributed by atoms with van der Waals surface area (Å²) in [6, 6.07) is 0.765. The minimum absolute atomic E-state index is 0.765. The van der Waals surface area contributed by atoms with Crippen LogP contribution in [-0.4, -0.2) is 37.1 Å². The first kappa shape index (κ1) is 14.0. The molecule has 2 nitrogen and oxygen atoms in total. The van der Waals surface area contributed by atoms with E-state index in [2.05, 4.69) is 31.0 Å². The van der Waals surface area contributed by atoms with Crippen molar-refractivity contribution >= 4 is 0 Å². The normalized spacial score (nSPS) is 21.2. The van der Waals surface area contributed by atoms with Crippen LogP contribution >= 0.6 is 0 Å². The first-order valence-corrected chi connectivity index (χ1v) is 7.25. The number of rotatable bonds is 8. The summed E-state index contributed by atoms with van der Waals surface area (Å²) < 4.78 is 0. The van der Waals surface area contributed by atoms with Crippen LogP contribution in [0.4, 0.5) is 0 Å². The average Bonchev–Trinajstić information content (AvgIpc) is 2.78. The Labute approximate surface area is 102 Å². The van der Waals surface area contributed by atoms with Crippen molar-refractivity contribution in [1.29, 1.82) is 0 Å². The molecular formula is C14H30N2. The molecule has 0 amide bonds. The van der Waals surface area contributed by atoms with Gasteiger partial charge in [0.25, 0.3) is 0 Å². The highest BCUT2D eigenvalue weighted by molar-refractivity contribution is 4.78. The lowest BCUT2D eigenvalue weighted by Crippen LogP contribution is -2.40. The van der Waals surface area contributed by atoms with Crippen LogP contribution in [0.15, 0.2) is 0 Å². The summed E-state index contributed by atoms with van der Waals surface area (Å²) in [7, 11) is 0. The van der Waals surface area contributed by atoms with E-state index in [0.717, 1.165) is 12.0 Å². The molecule has 1 fully saturated rings. The van der Waals surface area contributed by atoms with Gasteiger partial charge in [0.05, 0.1) is 0 Å². The minimum atomic E-state index is 0.765. The Balaban J connectivity index is 2.32. The maximum absolute atomic E-state index is 3.61. The Morgan fingerprint density at radius 3 is 2.50 bits per heavy atom. The molecule has 16 heavy (non-hydrogen) atoms. The van der Waals surface area contributed by atoms with Gasteiger partial charge in [0.15, 0.2) is 0 Å². The fourth-order valence-electron chi connectivity index (χ4n) is 2.71. The summed E-state index contributed by atoms with van der Waals surface area (Å²) >= 11 is 0. The molecule has 1 aliphatic rings. The van der Waals surface area contributed by atoms with Crippen molar-refractivity contribution in [2.75, 3.05) is 26.2 Å². The van der Waals surface area contributed by atoms with Crippen molar-refractivity contribution in [3.05, 3.63) is 0 Å². The Morgan fingerprint density at radius 1 is 1.25 bits per heavy atom. The fraction of sp³-hybridized carbons (Fsp3) is 1.00. The maximum atomic E-state index is 3.61. The van der Waals surface area contributed by atoms with Crippen LogP contribution < -0.4 is 5.32 Å². The van der Waals surface area contributed by atoms with Gasteiger partial charge < -0.3 is 10.2 Å². The van der Waals surface area contributed by atoms with E-state index < -0.39 is 0 Å². The average molecular weight is 226 g/mol. The van der Waals surface area contributed by atoms with Crippen molar-refractivity contribution in [2.45, 2.75) is 58.9 Å². The van der Waals surface area contributed by atoms with E-state index in [-0.39, 0.29) is 0 Å². The zero-order valence-corrected chi connectivity index (χ0v) is 11.5. The Bertz CT molecular complexity index is 156. The molecule has 1 aliphatic heterocycles. The van der Waals surface area contributed by atoms with Gasteiger partial charge in [-0.15, -0.1) is 0 Å². The van der Waals surface area contributed by atoms with Crippen molar-refractivity contribution in [1.82, 2.24) is 10.2 Å². The van der Waals surface area contributed by atoms with E-state index >= 15 is 0 Å². The number of hydrogen-bond donors (Lipinski definition) is 1. The van der Waals surface area contributed by atoms with Gasteiger partial charge >= 0.3 is 0 Å². The molecule has 0 aromatic rings. The first-order valence-electron chi connectivity index (χ1n) is 7.25. The molecule has 0 spiro atoms. The molecule has 0 radical (unpaired) electrons. The molecule has 0 aromatic carbocycles. The molecule has 0 bridgehead atoms. The molecule has 0 saturated carbocycles. The van der Waals surface area contributed by atoms with E-state index in [1.54, 1.807) is 0 Å².